The van der Waals surface area contributed by atoms with Crippen molar-refractivity contribution in [3.63, 3.8) is 0 Å². The number of aromatic hydroxyl groups is 1. The predicted octanol–water partition coefficient (Wildman–Crippen LogP) is 4.48. The SMILES string of the molecule is Oc1cc(-c2ccccc2Cl)ccc1Br. The van der Waals surface area contributed by atoms with E-state index in [2.05, 4.69) is 15.9 Å². The van der Waals surface area contributed by atoms with Gasteiger partial charge in [-0.05, 0) is 39.7 Å². The van der Waals surface area contributed by atoms with Crippen molar-refractivity contribution in [1.29, 1.82) is 0 Å². The molecule has 1 nitrogen and oxygen atoms in total. The molecule has 0 aliphatic heterocycles. The van der Waals surface area contributed by atoms with Crippen LogP contribution in [0, 0.1) is 0 Å². The molecule has 1 N–H and O–H groups in total. The lowest BCUT2D eigenvalue weighted by Crippen LogP contribution is -1.79. The standard InChI is InChI=1S/C12H8BrClO/c13-10-6-5-8(7-12(10)15)9-3-1-2-4-11(9)14/h1-7,15H. The molecule has 15 heavy (non-hydrogen) atoms. The van der Waals surface area contributed by atoms with E-state index in [1.807, 2.05) is 30.3 Å². The Morgan fingerprint density at radius 2 is 1.80 bits per heavy atom. The number of phenols is 1. The summed E-state index contributed by atoms with van der Waals surface area (Å²) in [6.07, 6.45) is 0. The fourth-order valence-electron chi connectivity index (χ4n) is 1.38. The first kappa shape index (κ1) is 10.5. The Morgan fingerprint density at radius 3 is 2.47 bits per heavy atom. The number of hydrogen-bond acceptors (Lipinski definition) is 1. The van der Waals surface area contributed by atoms with Crippen LogP contribution in [-0.2, 0) is 0 Å². The summed E-state index contributed by atoms with van der Waals surface area (Å²) in [5.41, 5.74) is 1.82. The topological polar surface area (TPSA) is 20.2 Å². The Morgan fingerprint density at radius 1 is 1.07 bits per heavy atom. The van der Waals surface area contributed by atoms with Gasteiger partial charge in [-0.2, -0.15) is 0 Å². The maximum absolute atomic E-state index is 9.56. The van der Waals surface area contributed by atoms with E-state index in [4.69, 9.17) is 11.6 Å². The quantitative estimate of drug-likeness (QED) is 0.818. The highest BCUT2D eigenvalue weighted by molar-refractivity contribution is 9.10. The van der Waals surface area contributed by atoms with Gasteiger partial charge in [-0.1, -0.05) is 35.9 Å². The van der Waals surface area contributed by atoms with Gasteiger partial charge in [0.1, 0.15) is 5.75 Å². The lowest BCUT2D eigenvalue weighted by atomic mass is 10.1. The lowest BCUT2D eigenvalue weighted by Gasteiger charge is -2.05. The molecular formula is C12H8BrClO. The molecular weight excluding hydrogens is 275 g/mol. The summed E-state index contributed by atoms with van der Waals surface area (Å²) in [7, 11) is 0. The molecule has 0 aliphatic carbocycles. The molecule has 0 fully saturated rings. The molecule has 0 saturated heterocycles. The molecule has 0 spiro atoms. The van der Waals surface area contributed by atoms with Crippen molar-refractivity contribution in [3.05, 3.63) is 52.0 Å². The third kappa shape index (κ3) is 2.16. The van der Waals surface area contributed by atoms with Crippen LogP contribution >= 0.6 is 27.5 Å². The first-order valence-electron chi connectivity index (χ1n) is 4.42. The zero-order valence-corrected chi connectivity index (χ0v) is 10.1. The average Bonchev–Trinajstić information content (AvgIpc) is 2.23. The van der Waals surface area contributed by atoms with Crippen molar-refractivity contribution >= 4 is 27.5 Å². The summed E-state index contributed by atoms with van der Waals surface area (Å²) < 4.78 is 0.679. The molecule has 3 heteroatoms. The highest BCUT2D eigenvalue weighted by Gasteiger charge is 2.04. The van der Waals surface area contributed by atoms with E-state index in [0.717, 1.165) is 11.1 Å². The molecule has 0 aliphatic rings. The second-order valence-electron chi connectivity index (χ2n) is 3.15. The van der Waals surface area contributed by atoms with Crippen LogP contribution in [0.4, 0.5) is 0 Å². The van der Waals surface area contributed by atoms with Crippen molar-refractivity contribution in [2.45, 2.75) is 0 Å². The summed E-state index contributed by atoms with van der Waals surface area (Å²) in [4.78, 5) is 0. The highest BCUT2D eigenvalue weighted by atomic mass is 79.9. The second-order valence-corrected chi connectivity index (χ2v) is 4.41. The van der Waals surface area contributed by atoms with E-state index in [0.29, 0.717) is 9.50 Å². The van der Waals surface area contributed by atoms with E-state index in [1.165, 1.54) is 0 Å². The van der Waals surface area contributed by atoms with E-state index >= 15 is 0 Å². The van der Waals surface area contributed by atoms with Gasteiger partial charge in [0.2, 0.25) is 0 Å². The third-order valence-electron chi connectivity index (χ3n) is 2.13. The molecule has 2 rings (SSSR count). The summed E-state index contributed by atoms with van der Waals surface area (Å²) in [5, 5.41) is 10.2. The van der Waals surface area contributed by atoms with E-state index in [9.17, 15) is 5.11 Å². The first-order chi connectivity index (χ1) is 7.18. The Bertz CT molecular complexity index is 497. The molecule has 0 saturated carbocycles. The molecule has 0 radical (unpaired) electrons. The zero-order chi connectivity index (χ0) is 10.8. The summed E-state index contributed by atoms with van der Waals surface area (Å²) in [6.45, 7) is 0. The molecule has 0 bridgehead atoms. The van der Waals surface area contributed by atoms with E-state index in [1.54, 1.807) is 12.1 Å². The minimum atomic E-state index is 0.215. The minimum Gasteiger partial charge on any atom is -0.507 e. The summed E-state index contributed by atoms with van der Waals surface area (Å²) in [6, 6.07) is 12.9. The fraction of sp³-hybridized carbons (Fsp3) is 0. The first-order valence-corrected chi connectivity index (χ1v) is 5.59. The Hall–Kier alpha value is -0.990. The number of phenolic OH excluding ortho intramolecular Hbond substituents is 1. The molecule has 0 amide bonds. The van der Waals surface area contributed by atoms with Gasteiger partial charge in [-0.25, -0.2) is 0 Å². The Labute approximate surface area is 101 Å². The summed E-state index contributed by atoms with van der Waals surface area (Å²) >= 11 is 9.29. The number of rotatable bonds is 1. The smallest absolute Gasteiger partial charge is 0.130 e. The normalized spacial score (nSPS) is 10.3. The Kier molecular flexibility index (Phi) is 2.98. The van der Waals surface area contributed by atoms with Gasteiger partial charge in [-0.3, -0.25) is 0 Å². The van der Waals surface area contributed by atoms with Crippen molar-refractivity contribution in [2.75, 3.05) is 0 Å². The predicted molar refractivity (Wildman–Crippen MR) is 66.3 cm³/mol. The molecule has 2 aromatic rings. The summed E-state index contributed by atoms with van der Waals surface area (Å²) in [5.74, 6) is 0.215. The maximum Gasteiger partial charge on any atom is 0.130 e. The molecule has 0 atom stereocenters. The number of halogens is 2. The van der Waals surface area contributed by atoms with Gasteiger partial charge >= 0.3 is 0 Å². The van der Waals surface area contributed by atoms with Crippen LogP contribution in [0.25, 0.3) is 11.1 Å². The molecule has 76 valence electrons. The maximum atomic E-state index is 9.56. The van der Waals surface area contributed by atoms with Crippen LogP contribution in [-0.4, -0.2) is 5.11 Å². The highest BCUT2D eigenvalue weighted by Crippen LogP contribution is 2.33. The minimum absolute atomic E-state index is 0.215. The van der Waals surface area contributed by atoms with Crippen molar-refractivity contribution in [2.24, 2.45) is 0 Å². The largest absolute Gasteiger partial charge is 0.507 e. The van der Waals surface area contributed by atoms with Crippen LogP contribution in [0.3, 0.4) is 0 Å². The van der Waals surface area contributed by atoms with Gasteiger partial charge in [0, 0.05) is 10.6 Å². The molecule has 2 aromatic carbocycles. The van der Waals surface area contributed by atoms with E-state index < -0.39 is 0 Å². The number of hydrogen-bond donors (Lipinski definition) is 1. The fourth-order valence-corrected chi connectivity index (χ4v) is 1.87. The van der Waals surface area contributed by atoms with Gasteiger partial charge in [-0.15, -0.1) is 0 Å². The average molecular weight is 284 g/mol. The van der Waals surface area contributed by atoms with Crippen molar-refractivity contribution in [3.8, 4) is 16.9 Å². The third-order valence-corrected chi connectivity index (χ3v) is 3.13. The van der Waals surface area contributed by atoms with Gasteiger partial charge in [0.05, 0.1) is 4.47 Å². The van der Waals surface area contributed by atoms with E-state index in [-0.39, 0.29) is 5.75 Å². The monoisotopic (exact) mass is 282 g/mol. The number of benzene rings is 2. The van der Waals surface area contributed by atoms with Gasteiger partial charge in [0.25, 0.3) is 0 Å². The van der Waals surface area contributed by atoms with Crippen LogP contribution in [0.15, 0.2) is 46.9 Å². The molecule has 0 aromatic heterocycles. The van der Waals surface area contributed by atoms with Crippen LogP contribution in [0.1, 0.15) is 0 Å². The second kappa shape index (κ2) is 4.25. The molecule has 0 unspecified atom stereocenters. The van der Waals surface area contributed by atoms with Crippen LogP contribution < -0.4 is 0 Å². The van der Waals surface area contributed by atoms with Crippen LogP contribution in [0.2, 0.25) is 5.02 Å². The van der Waals surface area contributed by atoms with Gasteiger partial charge < -0.3 is 5.11 Å². The van der Waals surface area contributed by atoms with Crippen molar-refractivity contribution < 1.29 is 5.11 Å². The molecule has 0 heterocycles. The zero-order valence-electron chi connectivity index (χ0n) is 7.74. The Balaban J connectivity index is 2.55. The van der Waals surface area contributed by atoms with Crippen molar-refractivity contribution in [1.82, 2.24) is 0 Å². The van der Waals surface area contributed by atoms with Gasteiger partial charge in [0.15, 0.2) is 0 Å². The van der Waals surface area contributed by atoms with Crippen LogP contribution in [0.5, 0.6) is 5.75 Å². The lowest BCUT2D eigenvalue weighted by molar-refractivity contribution is 0.472.